The summed E-state index contributed by atoms with van der Waals surface area (Å²) in [5, 5.41) is 20.1. The lowest BCUT2D eigenvalue weighted by atomic mass is 9.87. The molecule has 0 bridgehead atoms. The maximum Gasteiger partial charge on any atom is 0.161 e. The van der Waals surface area contributed by atoms with Gasteiger partial charge in [-0.25, -0.2) is 0 Å². The number of nitrogens with zero attached hydrogens (tertiary/aromatic N) is 1. The molecule has 0 saturated carbocycles. The van der Waals surface area contributed by atoms with Crippen LogP contribution in [0.1, 0.15) is 18.4 Å². The van der Waals surface area contributed by atoms with Crippen molar-refractivity contribution in [1.82, 2.24) is 4.90 Å². The smallest absolute Gasteiger partial charge is 0.161 e. The molecule has 0 unspecified atom stereocenters. The molecule has 4 rings (SSSR count). The van der Waals surface area contributed by atoms with Gasteiger partial charge in [-0.1, -0.05) is 23.7 Å². The second kappa shape index (κ2) is 9.43. The van der Waals surface area contributed by atoms with Crippen molar-refractivity contribution in [2.24, 2.45) is 0 Å². The standard InChI is InChI=1S/C23H28ClNO5/c24-18-5-6-20-17(13-18)14-23(30-20)7-9-25(10-8-23)15-19(27)16-29-22-4-2-1-3-21(22)28-12-11-26/h1-6,13,19,26-27H,7-12,14-16H2/t19-/m0/s1. The van der Waals surface area contributed by atoms with E-state index in [1.54, 1.807) is 12.1 Å². The largest absolute Gasteiger partial charge is 0.487 e. The Hall–Kier alpha value is -1.99. The zero-order valence-electron chi connectivity index (χ0n) is 16.9. The van der Waals surface area contributed by atoms with Crippen molar-refractivity contribution in [2.75, 3.05) is 39.5 Å². The Morgan fingerprint density at radius 1 is 1.10 bits per heavy atom. The number of likely N-dealkylation sites (tertiary alicyclic amines) is 1. The molecule has 0 amide bonds. The number of fused-ring (bicyclic) bond motifs is 1. The number of para-hydroxylation sites is 2. The summed E-state index contributed by atoms with van der Waals surface area (Å²) in [4.78, 5) is 2.26. The normalized spacial score (nSPS) is 18.6. The number of β-amino-alcohol motifs (C(OH)–C–C–N with tert-alkyl or cyclic N) is 1. The van der Waals surface area contributed by atoms with Crippen LogP contribution in [-0.2, 0) is 6.42 Å². The van der Waals surface area contributed by atoms with Crippen molar-refractivity contribution in [3.05, 3.63) is 53.1 Å². The fraction of sp³-hybridized carbons (Fsp3) is 0.478. The summed E-state index contributed by atoms with van der Waals surface area (Å²) in [5.41, 5.74) is 1.04. The molecule has 1 spiro atoms. The number of hydrogen-bond acceptors (Lipinski definition) is 6. The summed E-state index contributed by atoms with van der Waals surface area (Å²) in [7, 11) is 0. The van der Waals surface area contributed by atoms with Crippen molar-refractivity contribution in [3.63, 3.8) is 0 Å². The number of aliphatic hydroxyl groups is 2. The van der Waals surface area contributed by atoms with Gasteiger partial charge in [0.2, 0.25) is 0 Å². The minimum Gasteiger partial charge on any atom is -0.487 e. The quantitative estimate of drug-likeness (QED) is 0.667. The molecule has 0 aliphatic carbocycles. The second-order valence-corrected chi connectivity index (χ2v) is 8.43. The molecule has 0 radical (unpaired) electrons. The van der Waals surface area contributed by atoms with E-state index >= 15 is 0 Å². The third-order valence-electron chi connectivity index (χ3n) is 5.73. The summed E-state index contributed by atoms with van der Waals surface area (Å²) in [6, 6.07) is 13.1. The van der Waals surface area contributed by atoms with E-state index in [0.717, 1.165) is 43.1 Å². The zero-order chi connectivity index (χ0) is 21.0. The first-order chi connectivity index (χ1) is 14.6. The van der Waals surface area contributed by atoms with Crippen LogP contribution in [0.5, 0.6) is 17.2 Å². The number of benzene rings is 2. The topological polar surface area (TPSA) is 71.4 Å². The Morgan fingerprint density at radius 2 is 1.83 bits per heavy atom. The molecule has 2 aromatic carbocycles. The second-order valence-electron chi connectivity index (χ2n) is 8.00. The molecular weight excluding hydrogens is 406 g/mol. The monoisotopic (exact) mass is 433 g/mol. The highest BCUT2D eigenvalue weighted by molar-refractivity contribution is 6.30. The molecule has 2 N–H and O–H groups in total. The Labute approximate surface area is 181 Å². The molecule has 0 aromatic heterocycles. The maximum atomic E-state index is 10.5. The van der Waals surface area contributed by atoms with Gasteiger partial charge in [-0.15, -0.1) is 0 Å². The van der Waals surface area contributed by atoms with E-state index in [1.807, 2.05) is 30.3 Å². The van der Waals surface area contributed by atoms with Gasteiger partial charge in [-0.2, -0.15) is 0 Å². The van der Waals surface area contributed by atoms with E-state index < -0.39 is 6.10 Å². The lowest BCUT2D eigenvalue weighted by molar-refractivity contribution is -0.00216. The van der Waals surface area contributed by atoms with Gasteiger partial charge in [0.15, 0.2) is 11.5 Å². The predicted octanol–water partition coefficient (Wildman–Crippen LogP) is 2.92. The summed E-state index contributed by atoms with van der Waals surface area (Å²) in [6.45, 7) is 2.62. The van der Waals surface area contributed by atoms with Gasteiger partial charge in [-0.05, 0) is 35.9 Å². The molecule has 7 heteroatoms. The highest BCUT2D eigenvalue weighted by atomic mass is 35.5. The Bertz CT molecular complexity index is 853. The number of hydrogen-bond donors (Lipinski definition) is 2. The summed E-state index contributed by atoms with van der Waals surface area (Å²) >= 11 is 6.12. The highest BCUT2D eigenvalue weighted by Crippen LogP contribution is 2.41. The van der Waals surface area contributed by atoms with Crippen molar-refractivity contribution in [3.8, 4) is 17.2 Å². The van der Waals surface area contributed by atoms with Gasteiger partial charge < -0.3 is 29.3 Å². The van der Waals surface area contributed by atoms with Crippen LogP contribution >= 0.6 is 11.6 Å². The highest BCUT2D eigenvalue weighted by Gasteiger charge is 2.42. The minimum atomic E-state index is -0.606. The zero-order valence-corrected chi connectivity index (χ0v) is 17.7. The molecule has 2 aliphatic heterocycles. The van der Waals surface area contributed by atoms with Crippen LogP contribution in [0.15, 0.2) is 42.5 Å². The van der Waals surface area contributed by atoms with Crippen LogP contribution in [0.4, 0.5) is 0 Å². The average molecular weight is 434 g/mol. The average Bonchev–Trinajstić information content (AvgIpc) is 3.10. The molecule has 2 aliphatic rings. The van der Waals surface area contributed by atoms with Crippen LogP contribution in [0.2, 0.25) is 5.02 Å². The van der Waals surface area contributed by atoms with E-state index in [2.05, 4.69) is 4.90 Å². The Kier molecular flexibility index (Phi) is 6.68. The van der Waals surface area contributed by atoms with E-state index in [0.29, 0.717) is 18.0 Å². The summed E-state index contributed by atoms with van der Waals surface area (Å²) in [6.07, 6.45) is 2.13. The number of halogens is 1. The fourth-order valence-corrected chi connectivity index (χ4v) is 4.40. The number of ether oxygens (including phenoxy) is 3. The van der Waals surface area contributed by atoms with Crippen LogP contribution in [0.25, 0.3) is 0 Å². The molecule has 1 saturated heterocycles. The number of aliphatic hydroxyl groups excluding tert-OH is 2. The molecule has 30 heavy (non-hydrogen) atoms. The lowest BCUT2D eigenvalue weighted by Gasteiger charge is -2.39. The number of piperidine rings is 1. The van der Waals surface area contributed by atoms with Crippen LogP contribution in [-0.4, -0.2) is 66.3 Å². The third kappa shape index (κ3) is 5.01. The van der Waals surface area contributed by atoms with Crippen LogP contribution in [0.3, 0.4) is 0 Å². The first-order valence-corrected chi connectivity index (χ1v) is 10.8. The van der Waals surface area contributed by atoms with Crippen molar-refractivity contribution < 1.29 is 24.4 Å². The SMILES string of the molecule is OCCOc1ccccc1OC[C@@H](O)CN1CCC2(CC1)Cc1cc(Cl)ccc1O2. The fourth-order valence-electron chi connectivity index (χ4n) is 4.21. The van der Waals surface area contributed by atoms with Gasteiger partial charge in [0.25, 0.3) is 0 Å². The lowest BCUT2D eigenvalue weighted by Crippen LogP contribution is -2.49. The third-order valence-corrected chi connectivity index (χ3v) is 5.96. The molecule has 2 aromatic rings. The Morgan fingerprint density at radius 3 is 2.57 bits per heavy atom. The van der Waals surface area contributed by atoms with Crippen LogP contribution < -0.4 is 14.2 Å². The Balaban J connectivity index is 1.24. The molecule has 1 atom stereocenters. The predicted molar refractivity (Wildman–Crippen MR) is 115 cm³/mol. The van der Waals surface area contributed by atoms with Crippen molar-refractivity contribution >= 4 is 11.6 Å². The van der Waals surface area contributed by atoms with E-state index in [9.17, 15) is 5.11 Å². The van der Waals surface area contributed by atoms with Gasteiger partial charge in [0.1, 0.15) is 30.7 Å². The maximum absolute atomic E-state index is 10.5. The molecular formula is C23H28ClNO5. The number of rotatable bonds is 8. The van der Waals surface area contributed by atoms with E-state index in [1.165, 1.54) is 5.56 Å². The molecule has 2 heterocycles. The first kappa shape index (κ1) is 21.2. The van der Waals surface area contributed by atoms with E-state index in [4.69, 9.17) is 30.9 Å². The van der Waals surface area contributed by atoms with Crippen molar-refractivity contribution in [1.29, 1.82) is 0 Å². The van der Waals surface area contributed by atoms with E-state index in [-0.39, 0.29) is 25.4 Å². The summed E-state index contributed by atoms with van der Waals surface area (Å²) in [5.74, 6) is 2.08. The van der Waals surface area contributed by atoms with Gasteiger partial charge in [-0.3, -0.25) is 0 Å². The van der Waals surface area contributed by atoms with Gasteiger partial charge in [0, 0.05) is 43.9 Å². The first-order valence-electron chi connectivity index (χ1n) is 10.4. The molecule has 1 fully saturated rings. The van der Waals surface area contributed by atoms with Gasteiger partial charge in [0.05, 0.1) is 6.61 Å². The minimum absolute atomic E-state index is 0.0603. The van der Waals surface area contributed by atoms with Crippen molar-refractivity contribution in [2.45, 2.75) is 31.0 Å². The van der Waals surface area contributed by atoms with Crippen LogP contribution in [0, 0.1) is 0 Å². The summed E-state index contributed by atoms with van der Waals surface area (Å²) < 4.78 is 17.5. The molecule has 6 nitrogen and oxygen atoms in total. The molecule has 162 valence electrons. The van der Waals surface area contributed by atoms with Gasteiger partial charge >= 0.3 is 0 Å².